The Morgan fingerprint density at radius 2 is 2.09 bits per heavy atom. The number of carbonyl (C=O) groups excluding carboxylic acids is 1. The minimum Gasteiger partial charge on any atom is -0.459 e. The summed E-state index contributed by atoms with van der Waals surface area (Å²) >= 11 is 0. The van der Waals surface area contributed by atoms with Gasteiger partial charge >= 0.3 is 5.97 Å². The Hall–Kier alpha value is -2.16. The van der Waals surface area contributed by atoms with E-state index in [0.717, 1.165) is 0 Å². The molecule has 1 saturated heterocycles. The highest BCUT2D eigenvalue weighted by atomic mass is 16.6. The first-order chi connectivity index (χ1) is 10.5. The van der Waals surface area contributed by atoms with E-state index < -0.39 is 43.2 Å². The zero-order chi connectivity index (χ0) is 16.1. The molecular formula is C13H15N3O6. The average molecular weight is 309 g/mol. The van der Waals surface area contributed by atoms with E-state index in [4.69, 9.17) is 15.0 Å². The molecule has 1 aromatic rings. The third-order valence-corrected chi connectivity index (χ3v) is 3.23. The Morgan fingerprint density at radius 1 is 1.41 bits per heavy atom. The van der Waals surface area contributed by atoms with Gasteiger partial charge in [0.1, 0.15) is 24.9 Å². The van der Waals surface area contributed by atoms with E-state index in [0.29, 0.717) is 5.56 Å². The summed E-state index contributed by atoms with van der Waals surface area (Å²) in [5.41, 5.74) is 8.75. The Morgan fingerprint density at radius 3 is 2.73 bits per heavy atom. The SMILES string of the molecule is [N-]=[N+]=N[C@H]1[C@@H]([C@H](O)COC(=O)c2ccccc2)OC(O)[C@@H]1O. The molecule has 1 fully saturated rings. The number of aliphatic hydroxyl groups is 3. The first kappa shape index (κ1) is 16.2. The quantitative estimate of drug-likeness (QED) is 0.301. The van der Waals surface area contributed by atoms with Gasteiger partial charge in [0.25, 0.3) is 0 Å². The number of rotatable bonds is 5. The van der Waals surface area contributed by atoms with Crippen LogP contribution in [0.3, 0.4) is 0 Å². The summed E-state index contributed by atoms with van der Waals surface area (Å²) in [6.45, 7) is -0.435. The standard InChI is InChI=1S/C13H15N3O6/c14-16-15-9-10(18)13(20)22-11(9)8(17)6-21-12(19)7-4-2-1-3-5-7/h1-5,8-11,13,17-18,20H,6H2/t8-,9-,10-,11-,13?/m1/s1. The molecule has 0 spiro atoms. The molecule has 0 bridgehead atoms. The highest BCUT2D eigenvalue weighted by Crippen LogP contribution is 2.25. The monoisotopic (exact) mass is 309 g/mol. The number of hydrogen-bond donors (Lipinski definition) is 3. The zero-order valence-electron chi connectivity index (χ0n) is 11.4. The highest BCUT2D eigenvalue weighted by Gasteiger charge is 2.46. The predicted octanol–water partition coefficient (Wildman–Crippen LogP) is -0.0387. The van der Waals surface area contributed by atoms with Crippen molar-refractivity contribution in [1.29, 1.82) is 0 Å². The molecule has 9 heteroatoms. The van der Waals surface area contributed by atoms with Crippen molar-refractivity contribution < 1.29 is 29.6 Å². The maximum absolute atomic E-state index is 11.7. The van der Waals surface area contributed by atoms with Gasteiger partial charge in [0.15, 0.2) is 6.29 Å². The van der Waals surface area contributed by atoms with Crippen LogP contribution < -0.4 is 0 Å². The van der Waals surface area contributed by atoms with E-state index in [2.05, 4.69) is 10.0 Å². The molecular weight excluding hydrogens is 294 g/mol. The second kappa shape index (κ2) is 7.21. The minimum atomic E-state index is -1.58. The molecule has 0 aromatic heterocycles. The number of azide groups is 1. The molecule has 0 saturated carbocycles. The van der Waals surface area contributed by atoms with Gasteiger partial charge in [-0.2, -0.15) is 0 Å². The number of ether oxygens (including phenoxy) is 2. The van der Waals surface area contributed by atoms with Crippen molar-refractivity contribution >= 4 is 5.97 Å². The predicted molar refractivity (Wildman–Crippen MR) is 72.6 cm³/mol. The summed E-state index contributed by atoms with van der Waals surface area (Å²) in [7, 11) is 0. The summed E-state index contributed by atoms with van der Waals surface area (Å²) in [6.07, 6.45) is -5.58. The molecule has 0 amide bonds. The van der Waals surface area contributed by atoms with Crippen LogP contribution >= 0.6 is 0 Å². The van der Waals surface area contributed by atoms with Gasteiger partial charge in [-0.1, -0.05) is 23.3 Å². The molecule has 5 atom stereocenters. The number of carbonyl (C=O) groups is 1. The lowest BCUT2D eigenvalue weighted by molar-refractivity contribution is -0.149. The van der Waals surface area contributed by atoms with Crippen molar-refractivity contribution in [2.75, 3.05) is 6.61 Å². The van der Waals surface area contributed by atoms with E-state index in [1.807, 2.05) is 0 Å². The molecule has 1 heterocycles. The van der Waals surface area contributed by atoms with E-state index in [1.54, 1.807) is 30.3 Å². The molecule has 1 aliphatic heterocycles. The second-order valence-electron chi connectivity index (χ2n) is 4.71. The molecule has 22 heavy (non-hydrogen) atoms. The first-order valence-electron chi connectivity index (χ1n) is 6.50. The second-order valence-corrected chi connectivity index (χ2v) is 4.71. The minimum absolute atomic E-state index is 0.314. The number of nitrogens with zero attached hydrogens (tertiary/aromatic N) is 3. The van der Waals surface area contributed by atoms with Crippen LogP contribution in [0.5, 0.6) is 0 Å². The highest BCUT2D eigenvalue weighted by molar-refractivity contribution is 5.89. The molecule has 2 rings (SSSR count). The molecule has 118 valence electrons. The summed E-state index contributed by atoms with van der Waals surface area (Å²) in [4.78, 5) is 14.3. The van der Waals surface area contributed by atoms with E-state index in [9.17, 15) is 20.1 Å². The molecule has 1 unspecified atom stereocenters. The van der Waals surface area contributed by atoms with Crippen LogP contribution in [-0.4, -0.2) is 58.5 Å². The van der Waals surface area contributed by atoms with Crippen LogP contribution in [0.4, 0.5) is 0 Å². The lowest BCUT2D eigenvalue weighted by Gasteiger charge is -2.20. The molecule has 1 aromatic carbocycles. The topological polar surface area (TPSA) is 145 Å². The number of hydrogen-bond acceptors (Lipinski definition) is 7. The van der Waals surface area contributed by atoms with Gasteiger partial charge in [-0.05, 0) is 17.7 Å². The van der Waals surface area contributed by atoms with E-state index in [-0.39, 0.29) is 0 Å². The summed E-state index contributed by atoms with van der Waals surface area (Å²) in [6, 6.07) is 7.00. The molecule has 0 aliphatic carbocycles. The third-order valence-electron chi connectivity index (χ3n) is 3.23. The smallest absolute Gasteiger partial charge is 0.338 e. The van der Waals surface area contributed by atoms with Gasteiger partial charge in [0.05, 0.1) is 11.6 Å². The van der Waals surface area contributed by atoms with Crippen LogP contribution in [0.25, 0.3) is 10.4 Å². The van der Waals surface area contributed by atoms with Crippen molar-refractivity contribution in [3.8, 4) is 0 Å². The van der Waals surface area contributed by atoms with Gasteiger partial charge in [0, 0.05) is 4.91 Å². The van der Waals surface area contributed by atoms with Gasteiger partial charge < -0.3 is 24.8 Å². The summed E-state index contributed by atoms with van der Waals surface area (Å²) in [5.74, 6) is -0.640. The Bertz CT molecular complexity index is 562. The van der Waals surface area contributed by atoms with Crippen molar-refractivity contribution in [2.24, 2.45) is 5.11 Å². The molecule has 0 radical (unpaired) electrons. The van der Waals surface area contributed by atoms with Crippen LogP contribution in [-0.2, 0) is 9.47 Å². The van der Waals surface area contributed by atoms with Crippen LogP contribution in [0.15, 0.2) is 35.4 Å². The molecule has 1 aliphatic rings. The average Bonchev–Trinajstić information content (AvgIpc) is 2.82. The first-order valence-corrected chi connectivity index (χ1v) is 6.50. The van der Waals surface area contributed by atoms with Gasteiger partial charge in [-0.25, -0.2) is 4.79 Å². The summed E-state index contributed by atoms with van der Waals surface area (Å²) < 4.78 is 9.87. The fraction of sp³-hybridized carbons (Fsp3) is 0.462. The van der Waals surface area contributed by atoms with Crippen LogP contribution in [0.2, 0.25) is 0 Å². The Kier molecular flexibility index (Phi) is 5.31. The van der Waals surface area contributed by atoms with Crippen molar-refractivity contribution in [3.05, 3.63) is 46.3 Å². The summed E-state index contributed by atoms with van der Waals surface area (Å²) in [5, 5.41) is 32.3. The van der Waals surface area contributed by atoms with Crippen LogP contribution in [0.1, 0.15) is 10.4 Å². The van der Waals surface area contributed by atoms with E-state index in [1.165, 1.54) is 0 Å². The van der Waals surface area contributed by atoms with Gasteiger partial charge in [-0.15, -0.1) is 0 Å². The van der Waals surface area contributed by atoms with Crippen molar-refractivity contribution in [3.63, 3.8) is 0 Å². The van der Waals surface area contributed by atoms with Crippen molar-refractivity contribution in [2.45, 2.75) is 30.6 Å². The Labute approximate surface area is 125 Å². The van der Waals surface area contributed by atoms with Crippen molar-refractivity contribution in [1.82, 2.24) is 0 Å². The van der Waals surface area contributed by atoms with Crippen LogP contribution in [0, 0.1) is 0 Å². The normalized spacial score (nSPS) is 28.7. The lowest BCUT2D eigenvalue weighted by Crippen LogP contribution is -2.40. The third kappa shape index (κ3) is 3.53. The Balaban J connectivity index is 1.95. The fourth-order valence-electron chi connectivity index (χ4n) is 2.11. The number of aliphatic hydroxyl groups excluding tert-OH is 3. The van der Waals surface area contributed by atoms with Gasteiger partial charge in [0.2, 0.25) is 0 Å². The van der Waals surface area contributed by atoms with Gasteiger partial charge in [-0.3, -0.25) is 0 Å². The van der Waals surface area contributed by atoms with E-state index >= 15 is 0 Å². The maximum atomic E-state index is 11.7. The largest absolute Gasteiger partial charge is 0.459 e. The number of benzene rings is 1. The molecule has 9 nitrogen and oxygen atoms in total. The fourth-order valence-corrected chi connectivity index (χ4v) is 2.11. The number of esters is 1. The zero-order valence-corrected chi connectivity index (χ0v) is 11.4. The lowest BCUT2D eigenvalue weighted by atomic mass is 10.0. The molecule has 3 N–H and O–H groups in total. The maximum Gasteiger partial charge on any atom is 0.338 e.